The molecule has 3 rings (SSSR count). The average molecular weight is 1110 g/mol. The van der Waals surface area contributed by atoms with Crippen molar-refractivity contribution < 1.29 is 71.0 Å². The number of nitrogen functional groups attached to an aromatic ring is 1. The number of ether oxygens (including phenoxy) is 4. The second-order valence-corrected chi connectivity index (χ2v) is 22.2. The van der Waals surface area contributed by atoms with E-state index < -0.39 is 83.7 Å². The number of epoxide rings is 1. The lowest BCUT2D eigenvalue weighted by atomic mass is 10.1. The van der Waals surface area contributed by atoms with Crippen molar-refractivity contribution in [1.29, 1.82) is 0 Å². The Morgan fingerprint density at radius 1 is 0.645 bits per heavy atom. The SMILES string of the molecule is CCCCC/C=C\CC1OC1C/C=C\C/C=C\CCCC(=O)OC[C@H](COP(=O)(O)OP(=O)(O)OC[C@H]1O[C@@H](n2ccc(N)nc2=O)[C@H](O)[C@@H]1O)OC(=O)CCCCCCCC/C=C\C/C=C\C/C=C\CCCCCC. The van der Waals surface area contributed by atoms with Crippen molar-refractivity contribution in [2.75, 3.05) is 25.6 Å². The Hall–Kier alpha value is -3.84. The molecule has 0 saturated carbocycles. The number of aromatic nitrogens is 2. The van der Waals surface area contributed by atoms with E-state index in [1.807, 2.05) is 12.2 Å². The number of unbranched alkanes of at least 4 members (excludes halogenated alkanes) is 14. The number of phosphoric ester groups is 2. The molecule has 0 radical (unpaired) electrons. The molecule has 1 aromatic heterocycles. The normalized spacial score (nSPS) is 21.9. The molecule has 2 saturated heterocycles. The third-order valence-electron chi connectivity index (χ3n) is 12.4. The summed E-state index contributed by atoms with van der Waals surface area (Å²) in [6.45, 7) is 2.04. The first-order valence-electron chi connectivity index (χ1n) is 27.6. The van der Waals surface area contributed by atoms with Crippen LogP contribution in [0.5, 0.6) is 0 Å². The standard InChI is InChI=1S/C55H89N3O16P2/c1-3-5-7-9-11-12-13-14-15-16-17-18-19-20-21-22-23-26-31-35-39-51(60)71-45(42-68-50(59)38-34-30-27-24-25-29-33-37-47-46(72-47)36-32-28-10-8-6-4-2)43-69-75(64,65)74-76(66,67)70-44-48-52(61)53(62)54(73-48)58-41-40-49(56)57-55(58)63/h12-13,15-16,18-19,24,27-29,32-33,40-41,45-48,52-54,61-62H,3-11,14,17,20-23,25-26,30-31,34-39,42-44H2,1-2H3,(H,64,65)(H,66,67)(H2,56,57,63)/b13-12-,16-15-,19-18-,27-24-,32-28-,33-29-/t45-,46?,47?,48-,52-,53-,54-/m1/s1. The topological polar surface area (TPSA) is 278 Å². The van der Waals surface area contributed by atoms with Crippen LogP contribution < -0.4 is 11.4 Å². The molecule has 0 amide bonds. The van der Waals surface area contributed by atoms with E-state index in [1.54, 1.807) is 0 Å². The summed E-state index contributed by atoms with van der Waals surface area (Å²) in [7, 11) is -10.9. The van der Waals surface area contributed by atoms with E-state index in [9.17, 15) is 43.5 Å². The second kappa shape index (κ2) is 39.5. The number of phosphoric acid groups is 2. The maximum Gasteiger partial charge on any atom is 0.481 e. The van der Waals surface area contributed by atoms with E-state index in [-0.39, 0.29) is 24.8 Å². The van der Waals surface area contributed by atoms with Gasteiger partial charge in [-0.1, -0.05) is 145 Å². The second-order valence-electron chi connectivity index (χ2n) is 19.1. The van der Waals surface area contributed by atoms with Crippen LogP contribution in [-0.2, 0) is 51.0 Å². The number of aliphatic hydroxyl groups excluding tert-OH is 2. The van der Waals surface area contributed by atoms with Crippen LogP contribution in [0.3, 0.4) is 0 Å². The fourth-order valence-electron chi connectivity index (χ4n) is 8.00. The van der Waals surface area contributed by atoms with Gasteiger partial charge in [0.1, 0.15) is 30.7 Å². The van der Waals surface area contributed by atoms with Crippen LogP contribution in [0.1, 0.15) is 181 Å². The molecule has 0 spiro atoms. The van der Waals surface area contributed by atoms with Crippen LogP contribution in [0.15, 0.2) is 90.0 Å². The van der Waals surface area contributed by atoms with Gasteiger partial charge >= 0.3 is 33.3 Å². The molecule has 1 aromatic rings. The van der Waals surface area contributed by atoms with Crippen LogP contribution >= 0.6 is 15.6 Å². The van der Waals surface area contributed by atoms with Crippen molar-refractivity contribution >= 4 is 33.4 Å². The van der Waals surface area contributed by atoms with E-state index in [1.165, 1.54) is 51.0 Å². The van der Waals surface area contributed by atoms with Crippen LogP contribution in [0, 0.1) is 0 Å². The minimum absolute atomic E-state index is 0.0177. The summed E-state index contributed by atoms with van der Waals surface area (Å²) in [5.41, 5.74) is 4.59. The average Bonchev–Trinajstić information content (AvgIpc) is 4.07. The van der Waals surface area contributed by atoms with Gasteiger partial charge in [-0.05, 0) is 96.0 Å². The molecule has 2 fully saturated rings. The molecule has 3 heterocycles. The van der Waals surface area contributed by atoms with Crippen molar-refractivity contribution in [3.05, 3.63) is 95.7 Å². The minimum Gasteiger partial charge on any atom is -0.462 e. The number of aliphatic hydroxyl groups is 2. The zero-order chi connectivity index (χ0) is 55.3. The Balaban J connectivity index is 1.39. The number of carbonyl (C=O) groups is 2. The highest BCUT2D eigenvalue weighted by Gasteiger charge is 2.46. The zero-order valence-electron chi connectivity index (χ0n) is 45.0. The predicted molar refractivity (Wildman–Crippen MR) is 293 cm³/mol. The molecule has 9 atom stereocenters. The summed E-state index contributed by atoms with van der Waals surface area (Å²) in [4.78, 5) is 62.1. The molecule has 19 nitrogen and oxygen atoms in total. The molecule has 0 aliphatic carbocycles. The number of nitrogens with two attached hydrogens (primary N) is 1. The molecule has 2 aliphatic rings. The summed E-state index contributed by atoms with van der Waals surface area (Å²) in [5, 5.41) is 20.9. The Morgan fingerprint density at radius 2 is 1.14 bits per heavy atom. The highest BCUT2D eigenvalue weighted by molar-refractivity contribution is 7.61. The molecule has 21 heteroatoms. The first-order valence-corrected chi connectivity index (χ1v) is 30.6. The third-order valence-corrected chi connectivity index (χ3v) is 15.0. The van der Waals surface area contributed by atoms with E-state index >= 15 is 0 Å². The third kappa shape index (κ3) is 30.9. The summed E-state index contributed by atoms with van der Waals surface area (Å²) in [6, 6.07) is 1.24. The maximum atomic E-state index is 12.9. The number of carbonyl (C=O) groups excluding carboxylic acids is 2. The predicted octanol–water partition coefficient (Wildman–Crippen LogP) is 11.0. The number of rotatable bonds is 44. The van der Waals surface area contributed by atoms with Crippen molar-refractivity contribution in [3.8, 4) is 0 Å². The molecule has 76 heavy (non-hydrogen) atoms. The lowest BCUT2D eigenvalue weighted by Crippen LogP contribution is -2.36. The van der Waals surface area contributed by atoms with Gasteiger partial charge in [-0.2, -0.15) is 9.29 Å². The van der Waals surface area contributed by atoms with E-state index in [4.69, 9.17) is 33.7 Å². The van der Waals surface area contributed by atoms with Crippen LogP contribution in [-0.4, -0.2) is 97.9 Å². The molecule has 2 aliphatic heterocycles. The van der Waals surface area contributed by atoms with Crippen molar-refractivity contribution in [2.45, 2.75) is 217 Å². The van der Waals surface area contributed by atoms with Gasteiger partial charge in [0, 0.05) is 19.0 Å². The Morgan fingerprint density at radius 3 is 1.78 bits per heavy atom. The van der Waals surface area contributed by atoms with Crippen molar-refractivity contribution in [1.82, 2.24) is 9.55 Å². The van der Waals surface area contributed by atoms with Gasteiger partial charge in [-0.25, -0.2) is 13.9 Å². The number of esters is 2. The van der Waals surface area contributed by atoms with Gasteiger partial charge in [0.05, 0.1) is 25.4 Å². The first kappa shape index (κ1) is 66.4. The smallest absolute Gasteiger partial charge is 0.462 e. The summed E-state index contributed by atoms with van der Waals surface area (Å²) < 4.78 is 62.6. The van der Waals surface area contributed by atoms with Gasteiger partial charge in [-0.15, -0.1) is 0 Å². The maximum absolute atomic E-state index is 12.9. The van der Waals surface area contributed by atoms with Crippen molar-refractivity contribution in [3.63, 3.8) is 0 Å². The van der Waals surface area contributed by atoms with Gasteiger partial charge in [0.25, 0.3) is 0 Å². The Labute approximate surface area is 450 Å². The quantitative estimate of drug-likeness (QED) is 0.0133. The monoisotopic (exact) mass is 1110 g/mol. The Bertz CT molecular complexity index is 2130. The van der Waals surface area contributed by atoms with E-state index in [2.05, 4.69) is 83.9 Å². The van der Waals surface area contributed by atoms with Crippen molar-refractivity contribution in [2.24, 2.45) is 0 Å². The minimum atomic E-state index is -5.45. The lowest BCUT2D eigenvalue weighted by molar-refractivity contribution is -0.161. The Kier molecular flexibility index (Phi) is 34.5. The molecule has 4 unspecified atom stereocenters. The van der Waals surface area contributed by atoms with E-state index in [0.717, 1.165) is 94.2 Å². The summed E-state index contributed by atoms with van der Waals surface area (Å²) >= 11 is 0. The first-order chi connectivity index (χ1) is 36.6. The highest BCUT2D eigenvalue weighted by Crippen LogP contribution is 2.60. The lowest BCUT2D eigenvalue weighted by Gasteiger charge is -2.21. The molecule has 0 aromatic carbocycles. The molecule has 0 bridgehead atoms. The van der Waals surface area contributed by atoms with Gasteiger partial charge in [-0.3, -0.25) is 23.2 Å². The number of nitrogens with zero attached hydrogens (tertiary/aromatic N) is 2. The zero-order valence-corrected chi connectivity index (χ0v) is 46.8. The van der Waals surface area contributed by atoms with Crippen LogP contribution in [0.2, 0.25) is 0 Å². The van der Waals surface area contributed by atoms with Crippen LogP contribution in [0.25, 0.3) is 0 Å². The molecule has 6 N–H and O–H groups in total. The number of anilines is 1. The van der Waals surface area contributed by atoms with E-state index in [0.29, 0.717) is 25.4 Å². The fourth-order valence-corrected chi connectivity index (χ4v) is 10.1. The van der Waals surface area contributed by atoms with Gasteiger partial charge in [0.2, 0.25) is 0 Å². The molecular formula is C55H89N3O16P2. The largest absolute Gasteiger partial charge is 0.481 e. The summed E-state index contributed by atoms with van der Waals surface area (Å²) in [6.07, 6.45) is 42.9. The van der Waals surface area contributed by atoms with Crippen LogP contribution in [0.4, 0.5) is 5.82 Å². The number of hydrogen-bond donors (Lipinski definition) is 5. The number of allylic oxidation sites excluding steroid dienone is 10. The fraction of sp³-hybridized carbons (Fsp3) is 0.673. The summed E-state index contributed by atoms with van der Waals surface area (Å²) in [5.74, 6) is -1.39. The van der Waals surface area contributed by atoms with Gasteiger partial charge < -0.3 is 44.7 Å². The highest BCUT2D eigenvalue weighted by atomic mass is 31.3. The molecule has 430 valence electrons. The molecular weight excluding hydrogens is 1020 g/mol. The van der Waals surface area contributed by atoms with Gasteiger partial charge in [0.15, 0.2) is 12.3 Å². The number of hydrogen-bond acceptors (Lipinski definition) is 16.